The molecule has 0 spiro atoms. The van der Waals surface area contributed by atoms with Crippen LogP contribution in [0.15, 0.2) is 48.5 Å². The molecule has 2 aromatic carbocycles. The minimum absolute atomic E-state index is 0.0132. The van der Waals surface area contributed by atoms with Crippen LogP contribution in [0.4, 0.5) is 15.8 Å². The van der Waals surface area contributed by atoms with E-state index >= 15 is 0 Å². The molecule has 0 radical (unpaired) electrons. The number of hydrogen-bond donors (Lipinski definition) is 2. The predicted molar refractivity (Wildman–Crippen MR) is 108 cm³/mol. The lowest BCUT2D eigenvalue weighted by atomic mass is 9.94. The SMILES string of the molecule is O=C(Nc1ccccc1O)C1CCN([C@@H]2CC(=O)N(c3ccc(F)cc3)C2=O)CC1. The van der Waals surface area contributed by atoms with E-state index in [9.17, 15) is 23.9 Å². The number of halogens is 1. The van der Waals surface area contributed by atoms with Crippen LogP contribution < -0.4 is 10.2 Å². The highest BCUT2D eigenvalue weighted by molar-refractivity contribution is 6.22. The molecule has 30 heavy (non-hydrogen) atoms. The molecular weight excluding hydrogens is 389 g/mol. The van der Waals surface area contributed by atoms with E-state index in [0.29, 0.717) is 37.3 Å². The van der Waals surface area contributed by atoms with Gasteiger partial charge < -0.3 is 10.4 Å². The second-order valence-electron chi connectivity index (χ2n) is 7.58. The Labute approximate surface area is 173 Å². The zero-order valence-electron chi connectivity index (χ0n) is 16.3. The van der Waals surface area contributed by atoms with Crippen LogP contribution in [0.25, 0.3) is 0 Å². The van der Waals surface area contributed by atoms with E-state index in [4.69, 9.17) is 0 Å². The molecule has 2 saturated heterocycles. The van der Waals surface area contributed by atoms with E-state index in [1.54, 1.807) is 18.2 Å². The van der Waals surface area contributed by atoms with E-state index in [-0.39, 0.29) is 35.8 Å². The minimum Gasteiger partial charge on any atom is -0.506 e. The summed E-state index contributed by atoms with van der Waals surface area (Å²) in [6.45, 7) is 1.03. The van der Waals surface area contributed by atoms with Crippen LogP contribution in [0.1, 0.15) is 19.3 Å². The Hall–Kier alpha value is -3.26. The molecule has 2 aliphatic heterocycles. The Morgan fingerprint density at radius 1 is 1.03 bits per heavy atom. The zero-order chi connectivity index (χ0) is 21.3. The molecule has 0 unspecified atom stereocenters. The van der Waals surface area contributed by atoms with Crippen molar-refractivity contribution in [1.82, 2.24) is 4.90 Å². The highest BCUT2D eigenvalue weighted by Gasteiger charge is 2.43. The first-order chi connectivity index (χ1) is 14.4. The highest BCUT2D eigenvalue weighted by Crippen LogP contribution is 2.30. The van der Waals surface area contributed by atoms with Crippen molar-refractivity contribution in [2.45, 2.75) is 25.3 Å². The molecular formula is C22H22FN3O4. The number of aromatic hydroxyl groups is 1. The number of piperidine rings is 1. The van der Waals surface area contributed by atoms with Crippen molar-refractivity contribution in [3.8, 4) is 5.75 Å². The number of carbonyl (C=O) groups excluding carboxylic acids is 3. The van der Waals surface area contributed by atoms with Crippen molar-refractivity contribution >= 4 is 29.1 Å². The maximum Gasteiger partial charge on any atom is 0.251 e. The predicted octanol–water partition coefficient (Wildman–Crippen LogP) is 2.51. The molecule has 3 amide bonds. The van der Waals surface area contributed by atoms with Gasteiger partial charge >= 0.3 is 0 Å². The van der Waals surface area contributed by atoms with E-state index in [2.05, 4.69) is 5.32 Å². The topological polar surface area (TPSA) is 89.9 Å². The number of imide groups is 1. The summed E-state index contributed by atoms with van der Waals surface area (Å²) in [6, 6.07) is 11.3. The molecule has 4 rings (SSSR count). The molecule has 7 nitrogen and oxygen atoms in total. The van der Waals surface area contributed by atoms with E-state index in [1.807, 2.05) is 4.90 Å². The number of carbonyl (C=O) groups is 3. The quantitative estimate of drug-likeness (QED) is 0.596. The Morgan fingerprint density at radius 3 is 2.37 bits per heavy atom. The summed E-state index contributed by atoms with van der Waals surface area (Å²) in [5.41, 5.74) is 0.738. The number of nitrogens with zero attached hydrogens (tertiary/aromatic N) is 2. The lowest BCUT2D eigenvalue weighted by molar-refractivity contribution is -0.123. The maximum absolute atomic E-state index is 13.2. The number of benzene rings is 2. The molecule has 0 aromatic heterocycles. The molecule has 8 heteroatoms. The van der Waals surface area contributed by atoms with Gasteiger partial charge in [0, 0.05) is 5.92 Å². The third kappa shape index (κ3) is 3.91. The van der Waals surface area contributed by atoms with Crippen molar-refractivity contribution in [2.24, 2.45) is 5.92 Å². The average Bonchev–Trinajstić information content (AvgIpc) is 3.04. The fraction of sp³-hybridized carbons (Fsp3) is 0.318. The van der Waals surface area contributed by atoms with Crippen molar-refractivity contribution < 1.29 is 23.9 Å². The van der Waals surface area contributed by atoms with Gasteiger partial charge in [0.1, 0.15) is 11.6 Å². The number of para-hydroxylation sites is 2. The third-order valence-electron chi connectivity index (χ3n) is 5.71. The highest BCUT2D eigenvalue weighted by atomic mass is 19.1. The maximum atomic E-state index is 13.2. The average molecular weight is 411 g/mol. The van der Waals surface area contributed by atoms with Crippen molar-refractivity contribution in [3.05, 3.63) is 54.3 Å². The second-order valence-corrected chi connectivity index (χ2v) is 7.58. The third-order valence-corrected chi connectivity index (χ3v) is 5.71. The van der Waals surface area contributed by atoms with Gasteiger partial charge in [0.2, 0.25) is 11.8 Å². The number of phenolic OH excluding ortho intramolecular Hbond substituents is 1. The molecule has 2 fully saturated rings. The summed E-state index contributed by atoms with van der Waals surface area (Å²) in [5, 5.41) is 12.6. The van der Waals surface area contributed by atoms with E-state index in [1.165, 1.54) is 30.3 Å². The number of phenols is 1. The van der Waals surface area contributed by atoms with Gasteiger partial charge in [-0.15, -0.1) is 0 Å². The monoisotopic (exact) mass is 411 g/mol. The van der Waals surface area contributed by atoms with Gasteiger partial charge in [0.15, 0.2) is 0 Å². The molecule has 2 N–H and O–H groups in total. The number of likely N-dealkylation sites (tertiary alicyclic amines) is 1. The van der Waals surface area contributed by atoms with Crippen LogP contribution in [0.5, 0.6) is 5.75 Å². The molecule has 2 aliphatic rings. The second kappa shape index (κ2) is 8.23. The molecule has 2 heterocycles. The van der Waals surface area contributed by atoms with E-state index < -0.39 is 11.9 Å². The number of nitrogens with one attached hydrogen (secondary N) is 1. The zero-order valence-corrected chi connectivity index (χ0v) is 16.3. The van der Waals surface area contributed by atoms with Crippen LogP contribution in [-0.4, -0.2) is 46.9 Å². The van der Waals surface area contributed by atoms with Crippen molar-refractivity contribution in [1.29, 1.82) is 0 Å². The van der Waals surface area contributed by atoms with E-state index in [0.717, 1.165) is 4.90 Å². The number of amides is 3. The summed E-state index contributed by atoms with van der Waals surface area (Å²) in [4.78, 5) is 40.9. The van der Waals surface area contributed by atoms with Crippen LogP contribution in [-0.2, 0) is 14.4 Å². The molecule has 1 atom stereocenters. The summed E-state index contributed by atoms with van der Waals surface area (Å²) >= 11 is 0. The van der Waals surface area contributed by atoms with Gasteiger partial charge in [-0.2, -0.15) is 0 Å². The summed E-state index contributed by atoms with van der Waals surface area (Å²) in [5.74, 6) is -1.45. The van der Waals surface area contributed by atoms with Gasteiger partial charge in [-0.3, -0.25) is 19.3 Å². The Bertz CT molecular complexity index is 971. The fourth-order valence-electron chi connectivity index (χ4n) is 4.05. The van der Waals surface area contributed by atoms with Crippen LogP contribution in [0.2, 0.25) is 0 Å². The molecule has 0 bridgehead atoms. The summed E-state index contributed by atoms with van der Waals surface area (Å²) in [7, 11) is 0. The molecule has 0 aliphatic carbocycles. The fourth-order valence-corrected chi connectivity index (χ4v) is 4.05. The summed E-state index contributed by atoms with van der Waals surface area (Å²) in [6.07, 6.45) is 1.17. The molecule has 0 saturated carbocycles. The van der Waals surface area contributed by atoms with Gasteiger partial charge in [-0.1, -0.05) is 12.1 Å². The summed E-state index contributed by atoms with van der Waals surface area (Å²) < 4.78 is 13.2. The Kier molecular flexibility index (Phi) is 5.50. The lowest BCUT2D eigenvalue weighted by Gasteiger charge is -2.34. The largest absolute Gasteiger partial charge is 0.506 e. The van der Waals surface area contributed by atoms with Gasteiger partial charge in [0.05, 0.1) is 23.8 Å². The first-order valence-corrected chi connectivity index (χ1v) is 9.89. The van der Waals surface area contributed by atoms with Crippen LogP contribution >= 0.6 is 0 Å². The normalized spacial score (nSPS) is 20.6. The number of hydrogen-bond acceptors (Lipinski definition) is 5. The van der Waals surface area contributed by atoms with Crippen LogP contribution in [0, 0.1) is 11.7 Å². The molecule has 2 aromatic rings. The Morgan fingerprint density at radius 2 is 1.70 bits per heavy atom. The van der Waals surface area contributed by atoms with Crippen LogP contribution in [0.3, 0.4) is 0 Å². The van der Waals surface area contributed by atoms with Crippen molar-refractivity contribution in [2.75, 3.05) is 23.3 Å². The van der Waals surface area contributed by atoms with Crippen molar-refractivity contribution in [3.63, 3.8) is 0 Å². The Balaban J connectivity index is 1.36. The van der Waals surface area contributed by atoms with Gasteiger partial charge in [-0.25, -0.2) is 9.29 Å². The lowest BCUT2D eigenvalue weighted by Crippen LogP contribution is -2.47. The first kappa shape index (κ1) is 20.0. The standard InChI is InChI=1S/C22H22FN3O4/c23-15-5-7-16(8-6-15)26-20(28)13-18(22(26)30)25-11-9-14(10-12-25)21(29)24-17-3-1-2-4-19(17)27/h1-8,14,18,27H,9-13H2,(H,24,29)/t18-/m1/s1. The number of rotatable bonds is 4. The number of anilines is 2. The van der Waals surface area contributed by atoms with Gasteiger partial charge in [-0.05, 0) is 62.3 Å². The smallest absolute Gasteiger partial charge is 0.251 e. The minimum atomic E-state index is -0.565. The molecule has 156 valence electrons. The first-order valence-electron chi connectivity index (χ1n) is 9.89. The van der Waals surface area contributed by atoms with Gasteiger partial charge in [0.25, 0.3) is 5.91 Å².